The van der Waals surface area contributed by atoms with Crippen LogP contribution in [-0.2, 0) is 6.54 Å². The number of aromatic nitrogens is 5. The SMILES string of the molecule is Cc1nnc(Cn2ncc3ncc(-c4ccc(Cl)c(C(F)F)c4)cc32)s1. The van der Waals surface area contributed by atoms with E-state index in [1.165, 1.54) is 23.5 Å². The summed E-state index contributed by atoms with van der Waals surface area (Å²) in [5, 5.41) is 14.2. The van der Waals surface area contributed by atoms with Crippen LogP contribution in [0.4, 0.5) is 8.78 Å². The third-order valence-corrected chi connectivity index (χ3v) is 5.08. The zero-order valence-corrected chi connectivity index (χ0v) is 15.1. The summed E-state index contributed by atoms with van der Waals surface area (Å²) in [6.45, 7) is 2.37. The van der Waals surface area contributed by atoms with E-state index in [9.17, 15) is 8.78 Å². The summed E-state index contributed by atoms with van der Waals surface area (Å²) in [4.78, 5) is 4.39. The number of hydrogen-bond donors (Lipinski definition) is 0. The number of rotatable bonds is 4. The van der Waals surface area contributed by atoms with Crippen molar-refractivity contribution in [2.24, 2.45) is 0 Å². The Morgan fingerprint density at radius 3 is 2.73 bits per heavy atom. The van der Waals surface area contributed by atoms with Gasteiger partial charge in [0.25, 0.3) is 6.43 Å². The molecule has 3 heterocycles. The van der Waals surface area contributed by atoms with E-state index < -0.39 is 6.43 Å². The topological polar surface area (TPSA) is 56.5 Å². The maximum atomic E-state index is 13.1. The predicted molar refractivity (Wildman–Crippen MR) is 96.7 cm³/mol. The van der Waals surface area contributed by atoms with Gasteiger partial charge in [0.05, 0.1) is 18.3 Å². The minimum Gasteiger partial charge on any atom is -0.256 e. The van der Waals surface area contributed by atoms with Crippen LogP contribution in [0.3, 0.4) is 0 Å². The first-order valence-electron chi connectivity index (χ1n) is 7.70. The molecule has 0 atom stereocenters. The van der Waals surface area contributed by atoms with Gasteiger partial charge in [0, 0.05) is 22.3 Å². The maximum Gasteiger partial charge on any atom is 0.265 e. The molecule has 0 saturated carbocycles. The average molecular weight is 392 g/mol. The highest BCUT2D eigenvalue weighted by molar-refractivity contribution is 7.11. The smallest absolute Gasteiger partial charge is 0.256 e. The van der Waals surface area contributed by atoms with E-state index in [0.717, 1.165) is 21.0 Å². The Hall–Kier alpha value is -2.45. The standard InChI is InChI=1S/C17H12ClF2N5S/c1-9-23-24-16(26-9)8-25-15-5-11(6-21-14(15)7-22-25)10-2-3-13(18)12(4-10)17(19)20/h2-7,17H,8H2,1H3. The Labute approximate surface area is 156 Å². The van der Waals surface area contributed by atoms with Gasteiger partial charge in [-0.05, 0) is 30.7 Å². The molecule has 4 aromatic rings. The van der Waals surface area contributed by atoms with Gasteiger partial charge in [-0.15, -0.1) is 10.2 Å². The minimum atomic E-state index is -2.63. The molecule has 0 aliphatic rings. The maximum absolute atomic E-state index is 13.1. The van der Waals surface area contributed by atoms with Gasteiger partial charge in [0.15, 0.2) is 0 Å². The van der Waals surface area contributed by atoms with Crippen LogP contribution in [0.5, 0.6) is 0 Å². The first-order chi connectivity index (χ1) is 12.5. The number of hydrogen-bond acceptors (Lipinski definition) is 5. The van der Waals surface area contributed by atoms with Gasteiger partial charge in [-0.25, -0.2) is 8.78 Å². The second kappa shape index (κ2) is 6.69. The summed E-state index contributed by atoms with van der Waals surface area (Å²) < 4.78 is 28.0. The summed E-state index contributed by atoms with van der Waals surface area (Å²) in [5.74, 6) is 0. The molecule has 0 radical (unpaired) electrons. The van der Waals surface area contributed by atoms with Crippen molar-refractivity contribution in [1.82, 2.24) is 25.0 Å². The van der Waals surface area contributed by atoms with Gasteiger partial charge in [0.2, 0.25) is 0 Å². The molecule has 3 aromatic heterocycles. The fraction of sp³-hybridized carbons (Fsp3) is 0.176. The Bertz CT molecular complexity index is 1090. The van der Waals surface area contributed by atoms with E-state index in [1.54, 1.807) is 23.1 Å². The molecule has 0 bridgehead atoms. The van der Waals surface area contributed by atoms with E-state index in [0.29, 0.717) is 17.7 Å². The van der Waals surface area contributed by atoms with Gasteiger partial charge in [-0.3, -0.25) is 9.67 Å². The van der Waals surface area contributed by atoms with Crippen molar-refractivity contribution in [2.75, 3.05) is 0 Å². The molecule has 0 N–H and O–H groups in total. The van der Waals surface area contributed by atoms with Crippen LogP contribution in [0.1, 0.15) is 22.0 Å². The van der Waals surface area contributed by atoms with Crippen LogP contribution in [-0.4, -0.2) is 25.0 Å². The molecular formula is C17H12ClF2N5S. The molecule has 0 spiro atoms. The highest BCUT2D eigenvalue weighted by Crippen LogP contribution is 2.32. The summed E-state index contributed by atoms with van der Waals surface area (Å²) in [6.07, 6.45) is 0.673. The molecule has 9 heteroatoms. The van der Waals surface area contributed by atoms with E-state index in [2.05, 4.69) is 20.3 Å². The summed E-state index contributed by atoms with van der Waals surface area (Å²) in [7, 11) is 0. The molecular weight excluding hydrogens is 380 g/mol. The molecule has 0 aliphatic carbocycles. The zero-order chi connectivity index (χ0) is 18.3. The average Bonchev–Trinajstić information content (AvgIpc) is 3.21. The normalized spacial score (nSPS) is 11.6. The quantitative estimate of drug-likeness (QED) is 0.496. The molecule has 0 fully saturated rings. The third kappa shape index (κ3) is 3.17. The van der Waals surface area contributed by atoms with Crippen molar-refractivity contribution in [2.45, 2.75) is 19.9 Å². The van der Waals surface area contributed by atoms with Gasteiger partial charge < -0.3 is 0 Å². The highest BCUT2D eigenvalue weighted by atomic mass is 35.5. The van der Waals surface area contributed by atoms with Crippen LogP contribution in [0.15, 0.2) is 36.7 Å². The molecule has 5 nitrogen and oxygen atoms in total. The number of pyridine rings is 1. The third-order valence-electron chi connectivity index (χ3n) is 3.91. The monoisotopic (exact) mass is 391 g/mol. The van der Waals surface area contributed by atoms with Crippen molar-refractivity contribution in [1.29, 1.82) is 0 Å². The number of aryl methyl sites for hydroxylation is 1. The summed E-state index contributed by atoms with van der Waals surface area (Å²) in [5.41, 5.74) is 2.66. The number of nitrogens with zero attached hydrogens (tertiary/aromatic N) is 5. The molecule has 4 rings (SSSR count). The Kier molecular flexibility index (Phi) is 4.37. The van der Waals surface area contributed by atoms with Gasteiger partial charge in [0.1, 0.15) is 15.5 Å². The van der Waals surface area contributed by atoms with Crippen molar-refractivity contribution < 1.29 is 8.78 Å². The second-order valence-electron chi connectivity index (χ2n) is 5.68. The minimum absolute atomic E-state index is 0.0504. The van der Waals surface area contributed by atoms with Gasteiger partial charge in [-0.1, -0.05) is 29.0 Å². The van der Waals surface area contributed by atoms with E-state index in [1.807, 2.05) is 13.0 Å². The second-order valence-corrected chi connectivity index (χ2v) is 7.36. The summed E-state index contributed by atoms with van der Waals surface area (Å²) >= 11 is 7.35. The first kappa shape index (κ1) is 17.0. The lowest BCUT2D eigenvalue weighted by atomic mass is 10.0. The molecule has 26 heavy (non-hydrogen) atoms. The Morgan fingerprint density at radius 1 is 1.15 bits per heavy atom. The van der Waals surface area contributed by atoms with Crippen LogP contribution in [0.2, 0.25) is 5.02 Å². The fourth-order valence-electron chi connectivity index (χ4n) is 2.66. The lowest BCUT2D eigenvalue weighted by molar-refractivity contribution is 0.151. The Balaban J connectivity index is 1.75. The lowest BCUT2D eigenvalue weighted by Gasteiger charge is -2.08. The molecule has 0 unspecified atom stereocenters. The number of fused-ring (bicyclic) bond motifs is 1. The van der Waals surface area contributed by atoms with Crippen LogP contribution >= 0.6 is 22.9 Å². The molecule has 132 valence electrons. The van der Waals surface area contributed by atoms with E-state index in [-0.39, 0.29) is 10.6 Å². The number of alkyl halides is 2. The molecule has 0 amide bonds. The van der Waals surface area contributed by atoms with Crippen LogP contribution in [0, 0.1) is 6.92 Å². The predicted octanol–water partition coefficient (Wildman–Crippen LogP) is 4.90. The Morgan fingerprint density at radius 2 is 2.00 bits per heavy atom. The number of halogens is 3. The van der Waals surface area contributed by atoms with Crippen LogP contribution < -0.4 is 0 Å². The largest absolute Gasteiger partial charge is 0.265 e. The van der Waals surface area contributed by atoms with Gasteiger partial charge >= 0.3 is 0 Å². The number of benzene rings is 1. The summed E-state index contributed by atoms with van der Waals surface area (Å²) in [6, 6.07) is 6.45. The molecule has 0 aliphatic heterocycles. The van der Waals surface area contributed by atoms with Crippen molar-refractivity contribution in [3.05, 3.63) is 57.3 Å². The lowest BCUT2D eigenvalue weighted by Crippen LogP contribution is -2.01. The first-order valence-corrected chi connectivity index (χ1v) is 8.89. The van der Waals surface area contributed by atoms with E-state index >= 15 is 0 Å². The molecule has 1 aromatic carbocycles. The highest BCUT2D eigenvalue weighted by Gasteiger charge is 2.14. The molecule has 0 saturated heterocycles. The van der Waals surface area contributed by atoms with Crippen molar-refractivity contribution >= 4 is 34.0 Å². The van der Waals surface area contributed by atoms with Gasteiger partial charge in [-0.2, -0.15) is 5.10 Å². The fourth-order valence-corrected chi connectivity index (χ4v) is 3.55. The van der Waals surface area contributed by atoms with Crippen LogP contribution in [0.25, 0.3) is 22.2 Å². The van der Waals surface area contributed by atoms with E-state index in [4.69, 9.17) is 11.6 Å². The van der Waals surface area contributed by atoms with Crippen molar-refractivity contribution in [3.8, 4) is 11.1 Å². The zero-order valence-electron chi connectivity index (χ0n) is 13.5. The van der Waals surface area contributed by atoms with Crippen molar-refractivity contribution in [3.63, 3.8) is 0 Å².